The van der Waals surface area contributed by atoms with Gasteiger partial charge in [-0.3, -0.25) is 4.79 Å². The van der Waals surface area contributed by atoms with Crippen LogP contribution in [0.25, 0.3) is 0 Å². The lowest BCUT2D eigenvalue weighted by molar-refractivity contribution is -0.116. The van der Waals surface area contributed by atoms with Crippen LogP contribution in [0.1, 0.15) is 12.0 Å². The molecule has 0 saturated carbocycles. The smallest absolute Gasteiger partial charge is 0.226 e. The number of carbonyl (C=O) groups excluding carboxylic acids is 1. The lowest BCUT2D eigenvalue weighted by Crippen LogP contribution is -2.46. The van der Waals surface area contributed by atoms with Gasteiger partial charge in [0.25, 0.3) is 0 Å². The van der Waals surface area contributed by atoms with Crippen molar-refractivity contribution in [1.82, 2.24) is 5.32 Å². The molecule has 1 aromatic rings. The van der Waals surface area contributed by atoms with Gasteiger partial charge in [-0.2, -0.15) is 0 Å². The molecular weight excluding hydrogens is 302 g/mol. The first-order chi connectivity index (χ1) is 9.78. The minimum atomic E-state index is -3.16. The van der Waals surface area contributed by atoms with E-state index in [1.54, 1.807) is 0 Å². The number of halogens is 2. The van der Waals surface area contributed by atoms with Crippen molar-refractivity contribution in [2.24, 2.45) is 0 Å². The van der Waals surface area contributed by atoms with Crippen LogP contribution in [0.5, 0.6) is 0 Å². The molecule has 1 aliphatic rings. The monoisotopic (exact) mass is 318 g/mol. The van der Waals surface area contributed by atoms with Crippen molar-refractivity contribution in [3.63, 3.8) is 0 Å². The van der Waals surface area contributed by atoms with E-state index in [4.69, 9.17) is 0 Å². The summed E-state index contributed by atoms with van der Waals surface area (Å²) >= 11 is 0. The molecule has 1 saturated heterocycles. The Labute approximate surface area is 121 Å². The maximum Gasteiger partial charge on any atom is 0.226 e. The predicted molar refractivity (Wildman–Crippen MR) is 74.8 cm³/mol. The standard InChI is InChI=1S/C13H16F2N2O3S/c1-8-2-3-10(14)13(12(8)15)17-11(18)6-9-7-21(19,20)5-4-16-9/h2-3,9,16H,4-7H2,1H3,(H,17,18). The van der Waals surface area contributed by atoms with Gasteiger partial charge in [-0.05, 0) is 18.6 Å². The van der Waals surface area contributed by atoms with Crippen LogP contribution in [0, 0.1) is 18.6 Å². The van der Waals surface area contributed by atoms with Crippen molar-refractivity contribution in [2.75, 3.05) is 23.4 Å². The van der Waals surface area contributed by atoms with Crippen LogP contribution in [-0.2, 0) is 14.6 Å². The van der Waals surface area contributed by atoms with Crippen LogP contribution in [0.4, 0.5) is 14.5 Å². The van der Waals surface area contributed by atoms with E-state index in [0.717, 1.165) is 6.07 Å². The largest absolute Gasteiger partial charge is 0.321 e. The van der Waals surface area contributed by atoms with Gasteiger partial charge in [0, 0.05) is 19.0 Å². The Bertz CT molecular complexity index is 662. The van der Waals surface area contributed by atoms with Crippen LogP contribution in [0.3, 0.4) is 0 Å². The highest BCUT2D eigenvalue weighted by Gasteiger charge is 2.26. The van der Waals surface area contributed by atoms with E-state index in [1.165, 1.54) is 13.0 Å². The Hall–Kier alpha value is -1.54. The fourth-order valence-electron chi connectivity index (χ4n) is 2.18. The van der Waals surface area contributed by atoms with Crippen molar-refractivity contribution < 1.29 is 22.0 Å². The molecule has 1 fully saturated rings. The second kappa shape index (κ2) is 6.07. The summed E-state index contributed by atoms with van der Waals surface area (Å²) in [6.07, 6.45) is -0.161. The van der Waals surface area contributed by atoms with E-state index in [1.807, 2.05) is 0 Å². The summed E-state index contributed by atoms with van der Waals surface area (Å²) in [7, 11) is -3.16. The highest BCUT2D eigenvalue weighted by molar-refractivity contribution is 7.91. The van der Waals surface area contributed by atoms with Crippen LogP contribution >= 0.6 is 0 Å². The molecule has 1 heterocycles. The fourth-order valence-corrected chi connectivity index (χ4v) is 3.63. The van der Waals surface area contributed by atoms with Crippen LogP contribution in [-0.4, -0.2) is 38.4 Å². The van der Waals surface area contributed by atoms with E-state index >= 15 is 0 Å². The third kappa shape index (κ3) is 3.98. The first kappa shape index (κ1) is 15.8. The average Bonchev–Trinajstić information content (AvgIpc) is 2.38. The number of carbonyl (C=O) groups is 1. The molecule has 5 nitrogen and oxygen atoms in total. The summed E-state index contributed by atoms with van der Waals surface area (Å²) in [5.41, 5.74) is -0.288. The molecule has 2 N–H and O–H groups in total. The number of anilines is 1. The first-order valence-electron chi connectivity index (χ1n) is 6.47. The molecule has 0 bridgehead atoms. The SMILES string of the molecule is Cc1ccc(F)c(NC(=O)CC2CS(=O)(=O)CCN2)c1F. The summed E-state index contributed by atoms with van der Waals surface area (Å²) < 4.78 is 50.2. The quantitative estimate of drug-likeness (QED) is 0.871. The lowest BCUT2D eigenvalue weighted by atomic mass is 10.1. The van der Waals surface area contributed by atoms with Gasteiger partial charge in [0.1, 0.15) is 11.5 Å². The second-order valence-electron chi connectivity index (χ2n) is 5.07. The second-order valence-corrected chi connectivity index (χ2v) is 7.30. The minimum Gasteiger partial charge on any atom is -0.321 e. The zero-order valence-corrected chi connectivity index (χ0v) is 12.3. The highest BCUT2D eigenvalue weighted by atomic mass is 32.2. The van der Waals surface area contributed by atoms with Gasteiger partial charge >= 0.3 is 0 Å². The lowest BCUT2D eigenvalue weighted by Gasteiger charge is -2.23. The highest BCUT2D eigenvalue weighted by Crippen LogP contribution is 2.22. The Kier molecular flexibility index (Phi) is 4.58. The van der Waals surface area contributed by atoms with E-state index in [-0.39, 0.29) is 30.0 Å². The molecule has 21 heavy (non-hydrogen) atoms. The Balaban J connectivity index is 2.04. The van der Waals surface area contributed by atoms with Gasteiger partial charge in [-0.15, -0.1) is 0 Å². The zero-order valence-electron chi connectivity index (χ0n) is 11.4. The van der Waals surface area contributed by atoms with Gasteiger partial charge < -0.3 is 10.6 Å². The molecule has 1 aromatic carbocycles. The number of amides is 1. The van der Waals surface area contributed by atoms with E-state index in [0.29, 0.717) is 0 Å². The van der Waals surface area contributed by atoms with E-state index < -0.39 is 39.1 Å². The van der Waals surface area contributed by atoms with Crippen molar-refractivity contribution >= 4 is 21.4 Å². The van der Waals surface area contributed by atoms with Crippen molar-refractivity contribution in [3.8, 4) is 0 Å². The summed E-state index contributed by atoms with van der Waals surface area (Å²) in [6, 6.07) is 1.80. The number of hydrogen-bond acceptors (Lipinski definition) is 4. The maximum absolute atomic E-state index is 13.8. The van der Waals surface area contributed by atoms with Gasteiger partial charge in [-0.25, -0.2) is 17.2 Å². The molecule has 8 heteroatoms. The summed E-state index contributed by atoms with van der Waals surface area (Å²) in [5.74, 6) is -2.44. The van der Waals surface area contributed by atoms with E-state index in [2.05, 4.69) is 10.6 Å². The molecule has 1 aliphatic heterocycles. The van der Waals surface area contributed by atoms with Crippen molar-refractivity contribution in [2.45, 2.75) is 19.4 Å². The third-order valence-corrected chi connectivity index (χ3v) is 5.02. The molecule has 0 radical (unpaired) electrons. The number of sulfone groups is 1. The molecule has 0 aromatic heterocycles. The Morgan fingerprint density at radius 3 is 2.81 bits per heavy atom. The third-order valence-electron chi connectivity index (χ3n) is 3.28. The number of benzene rings is 1. The Morgan fingerprint density at radius 2 is 2.14 bits per heavy atom. The average molecular weight is 318 g/mol. The summed E-state index contributed by atoms with van der Waals surface area (Å²) in [5, 5.41) is 5.07. The number of hydrogen-bond donors (Lipinski definition) is 2. The number of aryl methyl sites for hydroxylation is 1. The maximum atomic E-state index is 13.8. The topological polar surface area (TPSA) is 75.3 Å². The summed E-state index contributed by atoms with van der Waals surface area (Å²) in [4.78, 5) is 11.8. The van der Waals surface area contributed by atoms with E-state index in [9.17, 15) is 22.0 Å². The van der Waals surface area contributed by atoms with Gasteiger partial charge in [0.15, 0.2) is 15.7 Å². The van der Waals surface area contributed by atoms with Gasteiger partial charge in [0.05, 0.1) is 11.5 Å². The van der Waals surface area contributed by atoms with Crippen molar-refractivity contribution in [1.29, 1.82) is 0 Å². The molecule has 2 rings (SSSR count). The molecule has 1 amide bonds. The van der Waals surface area contributed by atoms with Gasteiger partial charge in [-0.1, -0.05) is 6.07 Å². The molecule has 116 valence electrons. The van der Waals surface area contributed by atoms with Crippen LogP contribution in [0.15, 0.2) is 12.1 Å². The number of rotatable bonds is 3. The molecule has 1 unspecified atom stereocenters. The molecule has 0 spiro atoms. The van der Waals surface area contributed by atoms with Gasteiger partial charge in [0.2, 0.25) is 5.91 Å². The fraction of sp³-hybridized carbons (Fsp3) is 0.462. The Morgan fingerprint density at radius 1 is 1.43 bits per heavy atom. The molecule has 0 aliphatic carbocycles. The van der Waals surface area contributed by atoms with Crippen LogP contribution in [0.2, 0.25) is 0 Å². The molecule has 1 atom stereocenters. The summed E-state index contributed by atoms with van der Waals surface area (Å²) in [6.45, 7) is 1.73. The van der Waals surface area contributed by atoms with Crippen LogP contribution < -0.4 is 10.6 Å². The van der Waals surface area contributed by atoms with Crippen molar-refractivity contribution in [3.05, 3.63) is 29.3 Å². The normalized spacial score (nSPS) is 21.0. The zero-order chi connectivity index (χ0) is 15.6. The first-order valence-corrected chi connectivity index (χ1v) is 8.29. The minimum absolute atomic E-state index is 0.0340. The predicted octanol–water partition coefficient (Wildman–Crippen LogP) is 0.988. The molecular formula is C13H16F2N2O3S. The number of nitrogens with one attached hydrogen (secondary N) is 2.